The van der Waals surface area contributed by atoms with Crippen molar-refractivity contribution in [2.75, 3.05) is 19.7 Å². The molecule has 78 valence electrons. The van der Waals surface area contributed by atoms with Crippen LogP contribution >= 0.6 is 0 Å². The van der Waals surface area contributed by atoms with Gasteiger partial charge in [-0.1, -0.05) is 0 Å². The van der Waals surface area contributed by atoms with Crippen LogP contribution in [0.5, 0.6) is 0 Å². The van der Waals surface area contributed by atoms with Crippen LogP contribution in [-0.4, -0.2) is 47.8 Å². The maximum absolute atomic E-state index is 11.0. The van der Waals surface area contributed by atoms with Crippen LogP contribution in [0.1, 0.15) is 19.3 Å². The predicted molar refractivity (Wildman–Crippen MR) is 49.0 cm³/mol. The van der Waals surface area contributed by atoms with Gasteiger partial charge in [-0.2, -0.15) is 0 Å². The van der Waals surface area contributed by atoms with Crippen molar-refractivity contribution < 1.29 is 14.6 Å². The Kier molecular flexibility index (Phi) is 1.67. The third-order valence-electron chi connectivity index (χ3n) is 3.83. The van der Waals surface area contributed by atoms with Gasteiger partial charge < -0.3 is 9.84 Å². The highest BCUT2D eigenvalue weighted by atomic mass is 16.5. The topological polar surface area (TPSA) is 49.8 Å². The van der Waals surface area contributed by atoms with Gasteiger partial charge in [0, 0.05) is 19.1 Å². The van der Waals surface area contributed by atoms with Crippen LogP contribution in [0.25, 0.3) is 0 Å². The number of ether oxygens (including phenoxy) is 1. The van der Waals surface area contributed by atoms with E-state index >= 15 is 0 Å². The number of rotatable bonds is 3. The Morgan fingerprint density at radius 3 is 2.79 bits per heavy atom. The van der Waals surface area contributed by atoms with Gasteiger partial charge in [0.15, 0.2) is 0 Å². The minimum Gasteiger partial charge on any atom is -0.481 e. The molecule has 4 nitrogen and oxygen atoms in total. The fraction of sp³-hybridized carbons (Fsp3) is 0.900. The van der Waals surface area contributed by atoms with E-state index < -0.39 is 11.4 Å². The van der Waals surface area contributed by atoms with Crippen molar-refractivity contribution in [1.29, 1.82) is 0 Å². The number of fused-ring (bicyclic) bond motifs is 2. The summed E-state index contributed by atoms with van der Waals surface area (Å²) in [7, 11) is 0. The molecule has 2 bridgehead atoms. The molecule has 0 amide bonds. The minimum atomic E-state index is -0.610. The van der Waals surface area contributed by atoms with E-state index in [-0.39, 0.29) is 0 Å². The predicted octanol–water partition coefficient (Wildman–Crippen LogP) is 0.324. The standard InChI is InChI=1S/C10H15NO3/c12-9(13)10(1-2-10)6-11-4-8-3-7(11)5-14-8/h7-8H,1-6H2,(H,12,13)/t7-,8-/m0/s1. The molecule has 14 heavy (non-hydrogen) atoms. The van der Waals surface area contributed by atoms with Crippen molar-refractivity contribution in [3.05, 3.63) is 0 Å². The second-order valence-electron chi connectivity index (χ2n) is 4.86. The van der Waals surface area contributed by atoms with Crippen molar-refractivity contribution in [3.8, 4) is 0 Å². The Morgan fingerprint density at radius 2 is 2.36 bits per heavy atom. The van der Waals surface area contributed by atoms with E-state index in [4.69, 9.17) is 9.84 Å². The fourth-order valence-electron chi connectivity index (χ4n) is 2.65. The monoisotopic (exact) mass is 197 g/mol. The summed E-state index contributed by atoms with van der Waals surface area (Å²) in [6.45, 7) is 2.49. The third kappa shape index (κ3) is 1.17. The molecule has 0 aromatic carbocycles. The average molecular weight is 197 g/mol. The molecule has 0 aromatic rings. The number of likely N-dealkylation sites (tertiary alicyclic amines) is 1. The van der Waals surface area contributed by atoms with E-state index in [0.29, 0.717) is 12.1 Å². The summed E-state index contributed by atoms with van der Waals surface area (Å²) in [5, 5.41) is 9.08. The summed E-state index contributed by atoms with van der Waals surface area (Å²) in [5.74, 6) is -0.610. The molecular formula is C10H15NO3. The molecular weight excluding hydrogens is 182 g/mol. The van der Waals surface area contributed by atoms with Gasteiger partial charge in [0.25, 0.3) is 0 Å². The van der Waals surface area contributed by atoms with Crippen LogP contribution in [-0.2, 0) is 9.53 Å². The first-order valence-electron chi connectivity index (χ1n) is 5.29. The summed E-state index contributed by atoms with van der Waals surface area (Å²) in [5.41, 5.74) is -0.398. The number of carbonyl (C=O) groups is 1. The largest absolute Gasteiger partial charge is 0.481 e. The zero-order valence-corrected chi connectivity index (χ0v) is 8.11. The van der Waals surface area contributed by atoms with Gasteiger partial charge in [0.05, 0.1) is 18.1 Å². The first kappa shape index (κ1) is 8.68. The zero-order valence-electron chi connectivity index (χ0n) is 8.11. The first-order chi connectivity index (χ1) is 6.70. The Hall–Kier alpha value is -0.610. The molecule has 2 heterocycles. The van der Waals surface area contributed by atoms with E-state index in [0.717, 1.165) is 39.0 Å². The van der Waals surface area contributed by atoms with Crippen molar-refractivity contribution in [2.24, 2.45) is 5.41 Å². The Labute approximate surface area is 82.8 Å². The molecule has 3 rings (SSSR count). The quantitative estimate of drug-likeness (QED) is 0.708. The molecule has 0 spiro atoms. The lowest BCUT2D eigenvalue weighted by Crippen LogP contribution is -2.42. The molecule has 2 saturated heterocycles. The average Bonchev–Trinajstić information content (AvgIpc) is 2.66. The van der Waals surface area contributed by atoms with Gasteiger partial charge in [-0.05, 0) is 19.3 Å². The SMILES string of the molecule is O=C(O)C1(CN2C[C@@H]3C[C@H]2CO3)CC1. The lowest BCUT2D eigenvalue weighted by atomic mass is 10.1. The number of nitrogens with zero attached hydrogens (tertiary/aromatic N) is 1. The zero-order chi connectivity index (χ0) is 9.76. The van der Waals surface area contributed by atoms with Crippen LogP contribution in [0.2, 0.25) is 0 Å². The first-order valence-corrected chi connectivity index (χ1v) is 5.29. The maximum atomic E-state index is 11.0. The van der Waals surface area contributed by atoms with Gasteiger partial charge in [-0.25, -0.2) is 0 Å². The fourth-order valence-corrected chi connectivity index (χ4v) is 2.65. The summed E-state index contributed by atoms with van der Waals surface area (Å²) >= 11 is 0. The lowest BCUT2D eigenvalue weighted by molar-refractivity contribution is -0.144. The van der Waals surface area contributed by atoms with Crippen LogP contribution in [0, 0.1) is 5.41 Å². The Morgan fingerprint density at radius 1 is 1.57 bits per heavy atom. The molecule has 1 aliphatic carbocycles. The third-order valence-corrected chi connectivity index (χ3v) is 3.83. The van der Waals surface area contributed by atoms with Crippen molar-refractivity contribution >= 4 is 5.97 Å². The molecule has 2 atom stereocenters. The Balaban J connectivity index is 1.66. The molecule has 1 N–H and O–H groups in total. The molecule has 0 unspecified atom stereocenters. The normalized spacial score (nSPS) is 38.9. The van der Waals surface area contributed by atoms with Crippen LogP contribution in [0.4, 0.5) is 0 Å². The van der Waals surface area contributed by atoms with E-state index in [9.17, 15) is 4.79 Å². The van der Waals surface area contributed by atoms with Crippen molar-refractivity contribution in [1.82, 2.24) is 4.90 Å². The van der Waals surface area contributed by atoms with Crippen LogP contribution < -0.4 is 0 Å². The van der Waals surface area contributed by atoms with Gasteiger partial charge in [-0.3, -0.25) is 9.69 Å². The molecule has 0 radical (unpaired) electrons. The van der Waals surface area contributed by atoms with Gasteiger partial charge in [-0.15, -0.1) is 0 Å². The number of aliphatic carboxylic acids is 1. The second-order valence-corrected chi connectivity index (χ2v) is 4.86. The summed E-state index contributed by atoms with van der Waals surface area (Å²) in [6.07, 6.45) is 3.20. The molecule has 0 aromatic heterocycles. The van der Waals surface area contributed by atoms with Crippen molar-refractivity contribution in [3.63, 3.8) is 0 Å². The molecule has 3 aliphatic rings. The summed E-state index contributed by atoms with van der Waals surface area (Å²) in [4.78, 5) is 13.3. The number of hydrogen-bond donors (Lipinski definition) is 1. The number of morpholine rings is 1. The van der Waals surface area contributed by atoms with E-state index in [1.807, 2.05) is 0 Å². The maximum Gasteiger partial charge on any atom is 0.310 e. The summed E-state index contributed by atoms with van der Waals surface area (Å²) < 4.78 is 5.49. The molecule has 1 saturated carbocycles. The van der Waals surface area contributed by atoms with E-state index in [2.05, 4.69) is 4.90 Å². The highest BCUT2D eigenvalue weighted by Gasteiger charge is 2.53. The smallest absolute Gasteiger partial charge is 0.310 e. The molecule has 4 heteroatoms. The number of hydrogen-bond acceptors (Lipinski definition) is 3. The highest BCUT2D eigenvalue weighted by Crippen LogP contribution is 2.48. The molecule has 3 fully saturated rings. The van der Waals surface area contributed by atoms with Crippen LogP contribution in [0.15, 0.2) is 0 Å². The van der Waals surface area contributed by atoms with Gasteiger partial charge >= 0.3 is 5.97 Å². The van der Waals surface area contributed by atoms with Crippen LogP contribution in [0.3, 0.4) is 0 Å². The Bertz CT molecular complexity index is 275. The second kappa shape index (κ2) is 2.70. The van der Waals surface area contributed by atoms with Gasteiger partial charge in [0.1, 0.15) is 0 Å². The van der Waals surface area contributed by atoms with Gasteiger partial charge in [0.2, 0.25) is 0 Å². The number of carboxylic acid groups (broad SMARTS) is 1. The summed E-state index contributed by atoms with van der Waals surface area (Å²) in [6, 6.07) is 0.497. The van der Waals surface area contributed by atoms with E-state index in [1.165, 1.54) is 0 Å². The highest BCUT2D eigenvalue weighted by molar-refractivity contribution is 5.78. The minimum absolute atomic E-state index is 0.379. The molecule has 2 aliphatic heterocycles. The lowest BCUT2D eigenvalue weighted by Gasteiger charge is -2.29. The van der Waals surface area contributed by atoms with Crippen molar-refractivity contribution in [2.45, 2.75) is 31.4 Å². The van der Waals surface area contributed by atoms with E-state index in [1.54, 1.807) is 0 Å². The number of carboxylic acids is 1.